The lowest BCUT2D eigenvalue weighted by atomic mass is 10.1. The van der Waals surface area contributed by atoms with Crippen molar-refractivity contribution >= 4 is 58.5 Å². The topological polar surface area (TPSA) is 35.6 Å². The fraction of sp³-hybridized carbons (Fsp3) is 0.462. The number of halogens is 6. The number of hydrogen-bond donors (Lipinski definition) is 1. The summed E-state index contributed by atoms with van der Waals surface area (Å²) in [5, 5.41) is 0. The Morgan fingerprint density at radius 2 is 1.88 bits per heavy atom. The molecule has 1 aromatic carbocycles. The molecule has 1 N–H and O–H groups in total. The smallest absolute Gasteiger partial charge is 0.274 e. The lowest BCUT2D eigenvalue weighted by molar-refractivity contribution is -0.137. The van der Waals surface area contributed by atoms with E-state index in [9.17, 15) is 18.0 Å². The molecule has 1 saturated heterocycles. The maximum atomic E-state index is 12.9. The first-order valence-electron chi connectivity index (χ1n) is 6.89. The third kappa shape index (κ3) is 3.99. The van der Waals surface area contributed by atoms with Gasteiger partial charge in [-0.2, -0.15) is 23.0 Å². The van der Waals surface area contributed by atoms with Crippen LogP contribution in [0.15, 0.2) is 24.3 Å². The number of nitrogens with zero attached hydrogens (tertiary/aromatic N) is 2. The highest BCUT2D eigenvalue weighted by Gasteiger charge is 2.48. The highest BCUT2D eigenvalue weighted by Crippen LogP contribution is 2.45. The van der Waals surface area contributed by atoms with Crippen LogP contribution in [0.3, 0.4) is 0 Å². The van der Waals surface area contributed by atoms with Crippen molar-refractivity contribution in [3.63, 3.8) is 0 Å². The van der Waals surface area contributed by atoms with Crippen LogP contribution in [-0.2, 0) is 6.18 Å². The van der Waals surface area contributed by atoms with E-state index in [0.717, 1.165) is 29.4 Å². The van der Waals surface area contributed by atoms with E-state index in [1.54, 1.807) is 0 Å². The fourth-order valence-corrected chi connectivity index (χ4v) is 3.60. The van der Waals surface area contributed by atoms with Crippen LogP contribution < -0.4 is 10.3 Å². The van der Waals surface area contributed by atoms with Crippen LogP contribution in [0.1, 0.15) is 18.4 Å². The second-order valence-electron chi connectivity index (χ2n) is 5.44. The summed E-state index contributed by atoms with van der Waals surface area (Å²) in [6.07, 6.45) is -3.23. The number of hydrazine groups is 1. The van der Waals surface area contributed by atoms with E-state index in [0.29, 0.717) is 11.9 Å². The summed E-state index contributed by atoms with van der Waals surface area (Å²) in [6.45, 7) is 0. The van der Waals surface area contributed by atoms with Crippen LogP contribution in [-0.4, -0.2) is 19.7 Å². The summed E-state index contributed by atoms with van der Waals surface area (Å²) >= 11 is 17.7. The maximum absolute atomic E-state index is 12.9. The summed E-state index contributed by atoms with van der Waals surface area (Å²) in [6, 6.07) is 4.03. The number of nitrogens with one attached hydrogen (secondary N) is 1. The van der Waals surface area contributed by atoms with Gasteiger partial charge < -0.3 is 0 Å². The molecule has 0 radical (unpaired) electrons. The Kier molecular flexibility index (Phi) is 4.81. The van der Waals surface area contributed by atoms with Gasteiger partial charge >= 0.3 is 12.2 Å². The van der Waals surface area contributed by atoms with Gasteiger partial charge in [-0.1, -0.05) is 40.9 Å². The van der Waals surface area contributed by atoms with Gasteiger partial charge in [0.25, 0.3) is 3.12 Å². The van der Waals surface area contributed by atoms with Gasteiger partial charge in [0.15, 0.2) is 0 Å². The van der Waals surface area contributed by atoms with Gasteiger partial charge in [0.1, 0.15) is 6.17 Å². The molecule has 4 nitrogen and oxygen atoms in total. The molecule has 11 heteroatoms. The second-order valence-corrected chi connectivity index (χ2v) is 9.56. The van der Waals surface area contributed by atoms with Crippen LogP contribution in [0.4, 0.5) is 23.7 Å². The van der Waals surface area contributed by atoms with Crippen LogP contribution in [0.25, 0.3) is 0 Å². The zero-order valence-corrected chi connectivity index (χ0v) is 14.9. The normalized spacial score (nSPS) is 22.4. The summed E-state index contributed by atoms with van der Waals surface area (Å²) in [5.41, 5.74) is 2.22. The quantitative estimate of drug-likeness (QED) is 0.542. The molecule has 2 fully saturated rings. The fourth-order valence-electron chi connectivity index (χ4n) is 2.45. The van der Waals surface area contributed by atoms with Crippen molar-refractivity contribution in [3.8, 4) is 0 Å². The molecule has 2 amide bonds. The van der Waals surface area contributed by atoms with Gasteiger partial charge in [0.2, 0.25) is 0 Å². The van der Waals surface area contributed by atoms with E-state index in [1.165, 1.54) is 17.0 Å². The highest BCUT2D eigenvalue weighted by molar-refractivity contribution is 8.03. The van der Waals surface area contributed by atoms with E-state index in [1.807, 2.05) is 0 Å². The molecule has 1 heterocycles. The van der Waals surface area contributed by atoms with Crippen molar-refractivity contribution in [1.29, 1.82) is 0 Å². The average Bonchev–Trinajstić information content (AvgIpc) is 3.23. The number of urea groups is 1. The van der Waals surface area contributed by atoms with Gasteiger partial charge in [-0.25, -0.2) is 4.79 Å². The summed E-state index contributed by atoms with van der Waals surface area (Å²) in [4.78, 5) is 13.9. The molecule has 1 aliphatic carbocycles. The van der Waals surface area contributed by atoms with Crippen molar-refractivity contribution < 1.29 is 18.0 Å². The van der Waals surface area contributed by atoms with E-state index < -0.39 is 27.1 Å². The molecule has 1 atom stereocenters. The predicted octanol–water partition coefficient (Wildman–Crippen LogP) is 5.16. The second kappa shape index (κ2) is 6.32. The molecular formula is C13H11Cl3F3N3OS. The van der Waals surface area contributed by atoms with Gasteiger partial charge in [-0.15, -0.1) is 0 Å². The molecule has 3 rings (SSSR count). The third-order valence-corrected chi connectivity index (χ3v) is 4.89. The molecule has 24 heavy (non-hydrogen) atoms. The lowest BCUT2D eigenvalue weighted by Gasteiger charge is -2.23. The minimum atomic E-state index is -4.49. The minimum absolute atomic E-state index is 0.143. The summed E-state index contributed by atoms with van der Waals surface area (Å²) in [7, 11) is 0. The lowest BCUT2D eigenvalue weighted by Crippen LogP contribution is -2.39. The van der Waals surface area contributed by atoms with Gasteiger partial charge in [0.05, 0.1) is 5.56 Å². The monoisotopic (exact) mass is 419 g/mol. The number of rotatable bonds is 3. The molecule has 132 valence electrons. The zero-order valence-electron chi connectivity index (χ0n) is 11.9. The number of alkyl halides is 6. The van der Waals surface area contributed by atoms with Crippen molar-refractivity contribution in [3.05, 3.63) is 29.8 Å². The van der Waals surface area contributed by atoms with Crippen molar-refractivity contribution in [2.75, 3.05) is 4.90 Å². The van der Waals surface area contributed by atoms with Gasteiger partial charge in [-0.3, -0.25) is 4.90 Å². The zero-order chi connectivity index (χ0) is 17.7. The Balaban J connectivity index is 1.91. The molecule has 0 spiro atoms. The Hall–Kier alpha value is -0.540. The van der Waals surface area contributed by atoms with E-state index >= 15 is 0 Å². The summed E-state index contributed by atoms with van der Waals surface area (Å²) < 4.78 is 38.1. The van der Waals surface area contributed by atoms with Crippen molar-refractivity contribution in [2.45, 2.75) is 28.3 Å². The molecule has 0 bridgehead atoms. The largest absolute Gasteiger partial charge is 0.416 e. The van der Waals surface area contributed by atoms with Crippen molar-refractivity contribution in [2.24, 2.45) is 5.92 Å². The van der Waals surface area contributed by atoms with E-state index in [-0.39, 0.29) is 11.6 Å². The molecule has 1 unspecified atom stereocenters. The third-order valence-electron chi connectivity index (χ3n) is 3.62. The maximum Gasteiger partial charge on any atom is 0.416 e. The van der Waals surface area contributed by atoms with Crippen LogP contribution in [0.5, 0.6) is 0 Å². The first-order chi connectivity index (χ1) is 11.1. The van der Waals surface area contributed by atoms with Crippen LogP contribution in [0.2, 0.25) is 0 Å². The standard InChI is InChI=1S/C13H11Cl3F3N3OS/c14-13(15,16)24-22-11(23)21(10(20-22)7-4-5-7)9-3-1-2-8(6-9)12(17,18)19/h1-3,6-7,10,20H,4-5H2. The molecule has 2 aliphatic rings. The molecule has 0 aromatic heterocycles. The summed E-state index contributed by atoms with van der Waals surface area (Å²) in [5.74, 6) is 0.143. The Labute approximate surface area is 155 Å². The average molecular weight is 421 g/mol. The Morgan fingerprint density at radius 1 is 1.21 bits per heavy atom. The van der Waals surface area contributed by atoms with Crippen molar-refractivity contribution in [1.82, 2.24) is 9.84 Å². The predicted molar refractivity (Wildman–Crippen MR) is 88.7 cm³/mol. The SMILES string of the molecule is O=C1N(SC(Cl)(Cl)Cl)NC(C2CC2)N1c1cccc(C(F)(F)F)c1. The number of benzene rings is 1. The Morgan fingerprint density at radius 3 is 2.42 bits per heavy atom. The van der Waals surface area contributed by atoms with E-state index in [4.69, 9.17) is 34.8 Å². The van der Waals surface area contributed by atoms with Gasteiger partial charge in [0, 0.05) is 17.6 Å². The minimum Gasteiger partial charge on any atom is -0.274 e. The number of amides is 2. The number of anilines is 1. The van der Waals surface area contributed by atoms with Crippen LogP contribution >= 0.6 is 46.8 Å². The molecule has 1 aliphatic heterocycles. The van der Waals surface area contributed by atoms with Gasteiger partial charge in [-0.05, 0) is 37.0 Å². The first-order valence-corrected chi connectivity index (χ1v) is 8.79. The number of hydrogen-bond acceptors (Lipinski definition) is 3. The van der Waals surface area contributed by atoms with Crippen LogP contribution in [0, 0.1) is 5.92 Å². The number of carbonyl (C=O) groups excluding carboxylic acids is 1. The molecule has 1 saturated carbocycles. The molecule has 1 aromatic rings. The molecular weight excluding hydrogens is 410 g/mol. The Bertz CT molecular complexity index is 651. The first kappa shape index (κ1) is 18.3. The van der Waals surface area contributed by atoms with E-state index in [2.05, 4.69) is 5.43 Å². The number of carbonyl (C=O) groups is 1. The highest BCUT2D eigenvalue weighted by atomic mass is 35.6.